The van der Waals surface area contributed by atoms with Gasteiger partial charge in [0.25, 0.3) is 10.0 Å². The summed E-state index contributed by atoms with van der Waals surface area (Å²) in [4.78, 5) is -0.362. The molecule has 0 aromatic heterocycles. The summed E-state index contributed by atoms with van der Waals surface area (Å²) in [5.74, 6) is 0.139. The third-order valence-electron chi connectivity index (χ3n) is 3.30. The van der Waals surface area contributed by atoms with E-state index >= 15 is 0 Å². The summed E-state index contributed by atoms with van der Waals surface area (Å²) in [7, 11) is -6.64. The van der Waals surface area contributed by atoms with E-state index in [4.69, 9.17) is 27.9 Å². The molecule has 2 aromatic rings. The standard InChI is InChI=1S/C16H18Cl2N2O5S2/c1-10(2)19-26(21,22)12-5-7-15(25-3)14(9-12)20-27(23,24)16-8-11(17)4-6-13(16)18/h4-10,19-20H,1-3H3. The van der Waals surface area contributed by atoms with Crippen LogP contribution in [0.1, 0.15) is 13.8 Å². The van der Waals surface area contributed by atoms with Gasteiger partial charge in [-0.1, -0.05) is 23.2 Å². The molecule has 0 spiro atoms. The number of anilines is 1. The summed E-state index contributed by atoms with van der Waals surface area (Å²) >= 11 is 11.8. The van der Waals surface area contributed by atoms with E-state index in [1.807, 2.05) is 0 Å². The van der Waals surface area contributed by atoms with Crippen LogP contribution >= 0.6 is 23.2 Å². The minimum atomic E-state index is -4.15. The largest absolute Gasteiger partial charge is 0.495 e. The topological polar surface area (TPSA) is 102 Å². The molecule has 0 amide bonds. The van der Waals surface area contributed by atoms with Gasteiger partial charge >= 0.3 is 0 Å². The SMILES string of the molecule is COc1ccc(S(=O)(=O)NC(C)C)cc1NS(=O)(=O)c1cc(Cl)ccc1Cl. The van der Waals surface area contributed by atoms with Crippen molar-refractivity contribution in [1.82, 2.24) is 4.72 Å². The minimum absolute atomic E-state index is 0.0314. The molecule has 0 unspecified atom stereocenters. The lowest BCUT2D eigenvalue weighted by atomic mass is 10.3. The molecular formula is C16H18Cl2N2O5S2. The highest BCUT2D eigenvalue weighted by Gasteiger charge is 2.23. The lowest BCUT2D eigenvalue weighted by Gasteiger charge is -2.15. The Hall–Kier alpha value is -1.52. The van der Waals surface area contributed by atoms with Crippen molar-refractivity contribution in [3.05, 3.63) is 46.4 Å². The van der Waals surface area contributed by atoms with Crippen molar-refractivity contribution < 1.29 is 21.6 Å². The second-order valence-electron chi connectivity index (χ2n) is 5.82. The first-order valence-corrected chi connectivity index (χ1v) is 11.4. The average molecular weight is 453 g/mol. The maximum Gasteiger partial charge on any atom is 0.263 e. The zero-order valence-electron chi connectivity index (χ0n) is 14.7. The molecule has 27 heavy (non-hydrogen) atoms. The van der Waals surface area contributed by atoms with Crippen LogP contribution < -0.4 is 14.2 Å². The van der Waals surface area contributed by atoms with Crippen LogP contribution in [-0.2, 0) is 20.0 Å². The summed E-state index contributed by atoms with van der Waals surface area (Å²) in [6, 6.07) is 7.50. The molecule has 0 fully saturated rings. The number of benzene rings is 2. The number of methoxy groups -OCH3 is 1. The van der Waals surface area contributed by atoms with E-state index in [1.54, 1.807) is 13.8 Å². The number of hydrogen-bond acceptors (Lipinski definition) is 5. The van der Waals surface area contributed by atoms with Gasteiger partial charge in [-0.2, -0.15) is 0 Å². The van der Waals surface area contributed by atoms with Crippen molar-refractivity contribution in [3.8, 4) is 5.75 Å². The maximum absolute atomic E-state index is 12.7. The van der Waals surface area contributed by atoms with Crippen LogP contribution in [0.25, 0.3) is 0 Å². The van der Waals surface area contributed by atoms with Gasteiger partial charge in [-0.15, -0.1) is 0 Å². The third-order valence-corrected chi connectivity index (χ3v) is 7.04. The molecule has 0 aliphatic rings. The molecule has 0 aliphatic heterocycles. The van der Waals surface area contributed by atoms with E-state index < -0.39 is 20.0 Å². The van der Waals surface area contributed by atoms with Crippen molar-refractivity contribution in [2.45, 2.75) is 29.7 Å². The molecule has 0 aliphatic carbocycles. The first-order chi connectivity index (χ1) is 12.5. The maximum atomic E-state index is 12.7. The van der Waals surface area contributed by atoms with Gasteiger partial charge in [-0.3, -0.25) is 4.72 Å². The molecule has 0 radical (unpaired) electrons. The number of nitrogens with one attached hydrogen (secondary N) is 2. The van der Waals surface area contributed by atoms with Crippen LogP contribution in [0.4, 0.5) is 5.69 Å². The Balaban J connectivity index is 2.51. The fourth-order valence-corrected chi connectivity index (χ4v) is 5.30. The van der Waals surface area contributed by atoms with Crippen molar-refractivity contribution in [3.63, 3.8) is 0 Å². The number of hydrogen-bond donors (Lipinski definition) is 2. The van der Waals surface area contributed by atoms with E-state index in [0.717, 1.165) is 0 Å². The van der Waals surface area contributed by atoms with Crippen molar-refractivity contribution in [2.24, 2.45) is 0 Å². The summed E-state index contributed by atoms with van der Waals surface area (Å²) in [6.45, 7) is 3.34. The van der Waals surface area contributed by atoms with Crippen LogP contribution in [0.3, 0.4) is 0 Å². The summed E-state index contributed by atoms with van der Waals surface area (Å²) in [6.07, 6.45) is 0. The molecule has 148 valence electrons. The van der Waals surface area contributed by atoms with E-state index in [2.05, 4.69) is 9.44 Å². The molecular weight excluding hydrogens is 435 g/mol. The van der Waals surface area contributed by atoms with Crippen molar-refractivity contribution in [2.75, 3.05) is 11.8 Å². The van der Waals surface area contributed by atoms with Crippen LogP contribution in [-0.4, -0.2) is 30.0 Å². The molecule has 0 saturated carbocycles. The lowest BCUT2D eigenvalue weighted by Crippen LogP contribution is -2.30. The lowest BCUT2D eigenvalue weighted by molar-refractivity contribution is 0.416. The number of sulfonamides is 2. The Morgan fingerprint density at radius 2 is 1.63 bits per heavy atom. The molecule has 2 N–H and O–H groups in total. The molecule has 7 nitrogen and oxygen atoms in total. The molecule has 0 atom stereocenters. The Kier molecular flexibility index (Phi) is 6.64. The molecule has 2 rings (SSSR count). The minimum Gasteiger partial charge on any atom is -0.495 e. The first-order valence-electron chi connectivity index (χ1n) is 7.64. The van der Waals surface area contributed by atoms with Crippen LogP contribution in [0.2, 0.25) is 10.0 Å². The highest BCUT2D eigenvalue weighted by Crippen LogP contribution is 2.32. The highest BCUT2D eigenvalue weighted by atomic mass is 35.5. The van der Waals surface area contributed by atoms with Crippen LogP contribution in [0.15, 0.2) is 46.2 Å². The van der Waals surface area contributed by atoms with E-state index in [1.165, 1.54) is 43.5 Å². The second kappa shape index (κ2) is 8.24. The van der Waals surface area contributed by atoms with Gasteiger partial charge in [-0.25, -0.2) is 21.6 Å². The number of halogens is 2. The Bertz CT molecular complexity index is 1050. The fourth-order valence-electron chi connectivity index (χ4n) is 2.20. The fraction of sp³-hybridized carbons (Fsp3) is 0.250. The molecule has 2 aromatic carbocycles. The molecule has 11 heteroatoms. The Labute approximate surface area is 168 Å². The van der Waals surface area contributed by atoms with Gasteiger partial charge in [0.15, 0.2) is 0 Å². The van der Waals surface area contributed by atoms with Crippen LogP contribution in [0.5, 0.6) is 5.75 Å². The second-order valence-corrected chi connectivity index (χ2v) is 10.0. The van der Waals surface area contributed by atoms with Gasteiger partial charge in [0, 0.05) is 11.1 Å². The van der Waals surface area contributed by atoms with Crippen LogP contribution in [0, 0.1) is 0 Å². The Morgan fingerprint density at radius 1 is 0.963 bits per heavy atom. The molecule has 0 heterocycles. The monoisotopic (exact) mass is 452 g/mol. The van der Waals surface area contributed by atoms with Gasteiger partial charge in [0.05, 0.1) is 22.7 Å². The van der Waals surface area contributed by atoms with Crippen molar-refractivity contribution in [1.29, 1.82) is 0 Å². The van der Waals surface area contributed by atoms with Gasteiger partial charge in [0.2, 0.25) is 10.0 Å². The first kappa shape index (κ1) is 21.8. The average Bonchev–Trinajstić information content (AvgIpc) is 2.55. The Morgan fingerprint density at radius 3 is 2.22 bits per heavy atom. The van der Waals surface area contributed by atoms with Crippen molar-refractivity contribution >= 4 is 48.9 Å². The van der Waals surface area contributed by atoms with E-state index in [-0.39, 0.29) is 37.3 Å². The normalized spacial score (nSPS) is 12.2. The van der Waals surface area contributed by atoms with E-state index in [9.17, 15) is 16.8 Å². The highest BCUT2D eigenvalue weighted by molar-refractivity contribution is 7.93. The van der Waals surface area contributed by atoms with Gasteiger partial charge < -0.3 is 4.74 Å². The molecule has 0 bridgehead atoms. The number of ether oxygens (including phenoxy) is 1. The third kappa shape index (κ3) is 5.26. The zero-order valence-corrected chi connectivity index (χ0v) is 17.8. The van der Waals surface area contributed by atoms with E-state index in [0.29, 0.717) is 0 Å². The summed E-state index contributed by atoms with van der Waals surface area (Å²) < 4.78 is 60.0. The van der Waals surface area contributed by atoms with Gasteiger partial charge in [-0.05, 0) is 50.2 Å². The summed E-state index contributed by atoms with van der Waals surface area (Å²) in [5.41, 5.74) is -0.0554. The molecule has 0 saturated heterocycles. The smallest absolute Gasteiger partial charge is 0.263 e. The predicted molar refractivity (Wildman–Crippen MR) is 106 cm³/mol. The predicted octanol–water partition coefficient (Wildman–Crippen LogP) is 3.49. The summed E-state index contributed by atoms with van der Waals surface area (Å²) in [5, 5.41) is 0.153. The zero-order chi connectivity index (χ0) is 20.4. The number of rotatable bonds is 7. The quantitative estimate of drug-likeness (QED) is 0.669. The van der Waals surface area contributed by atoms with Gasteiger partial charge in [0.1, 0.15) is 10.6 Å².